The van der Waals surface area contributed by atoms with Crippen molar-refractivity contribution in [2.45, 2.75) is 143 Å². The first-order valence-electron chi connectivity index (χ1n) is 15.2. The topological polar surface area (TPSA) is 57.5 Å². The van der Waals surface area contributed by atoms with Gasteiger partial charge in [-0.3, -0.25) is 0 Å². The Kier molecular flexibility index (Phi) is 9.88. The average Bonchev–Trinajstić information content (AvgIpc) is 2.91. The third-order valence-electron chi connectivity index (χ3n) is 10.4. The van der Waals surface area contributed by atoms with Gasteiger partial charge in [0.1, 0.15) is 5.75 Å². The van der Waals surface area contributed by atoms with E-state index in [-0.39, 0.29) is 33.2 Å². The van der Waals surface area contributed by atoms with Gasteiger partial charge >= 0.3 is 5.97 Å². The highest BCUT2D eigenvalue weighted by Crippen LogP contribution is 2.47. The number of carbonyl (C=O) groups is 1. The highest BCUT2D eigenvalue weighted by molar-refractivity contribution is 6.15. The lowest BCUT2D eigenvalue weighted by Crippen LogP contribution is -2.25. The normalized spacial score (nSPS) is 13.8. The van der Waals surface area contributed by atoms with Crippen LogP contribution in [0.1, 0.15) is 161 Å². The van der Waals surface area contributed by atoms with Gasteiger partial charge in [-0.15, -0.1) is 0 Å². The molecule has 0 radical (unpaired) electrons. The first-order chi connectivity index (χ1) is 18.2. The summed E-state index contributed by atoms with van der Waals surface area (Å²) in [4.78, 5) is 12.5. The minimum Gasteiger partial charge on any atom is -0.507 e. The Labute approximate surface area is 245 Å². The molecule has 40 heavy (non-hydrogen) atoms. The second-order valence-electron chi connectivity index (χ2n) is 14.4. The van der Waals surface area contributed by atoms with E-state index in [0.717, 1.165) is 47.9 Å². The second-order valence-corrected chi connectivity index (χ2v) is 14.4. The quantitative estimate of drug-likeness (QED) is 0.259. The zero-order valence-electron chi connectivity index (χ0n) is 27.7. The van der Waals surface area contributed by atoms with Crippen molar-refractivity contribution in [2.24, 2.45) is 0 Å². The molecule has 0 aliphatic heterocycles. The van der Waals surface area contributed by atoms with E-state index in [4.69, 9.17) is 0 Å². The van der Waals surface area contributed by atoms with Crippen molar-refractivity contribution in [2.75, 3.05) is 0 Å². The summed E-state index contributed by atoms with van der Waals surface area (Å²) in [6, 6.07) is 8.76. The minimum atomic E-state index is -1.01. The number of benzene rings is 2. The summed E-state index contributed by atoms with van der Waals surface area (Å²) < 4.78 is 0. The molecular formula is C37H56O3. The fourth-order valence-electron chi connectivity index (χ4n) is 5.22. The van der Waals surface area contributed by atoms with Gasteiger partial charge in [-0.2, -0.15) is 0 Å². The van der Waals surface area contributed by atoms with E-state index >= 15 is 0 Å². The number of hydrogen-bond donors (Lipinski definition) is 2. The lowest BCUT2D eigenvalue weighted by Gasteiger charge is -2.35. The third-order valence-corrected chi connectivity index (χ3v) is 10.4. The molecule has 2 aromatic carbocycles. The maximum atomic E-state index is 12.5. The average molecular weight is 549 g/mol. The molecule has 0 amide bonds. The van der Waals surface area contributed by atoms with Gasteiger partial charge in [0, 0.05) is 17.0 Å². The van der Waals surface area contributed by atoms with E-state index in [1.807, 2.05) is 0 Å². The number of carboxylic acids is 1. The molecule has 3 heteroatoms. The summed E-state index contributed by atoms with van der Waals surface area (Å²) in [5.74, 6) is -0.940. The van der Waals surface area contributed by atoms with E-state index in [0.29, 0.717) is 11.3 Å². The monoisotopic (exact) mass is 548 g/mol. The molecule has 0 aromatic heterocycles. The Morgan fingerprint density at radius 1 is 0.700 bits per heavy atom. The van der Waals surface area contributed by atoms with E-state index in [2.05, 4.69) is 121 Å². The first-order valence-corrected chi connectivity index (χ1v) is 15.2. The largest absolute Gasteiger partial charge is 0.507 e. The summed E-state index contributed by atoms with van der Waals surface area (Å²) in [7, 11) is 0. The van der Waals surface area contributed by atoms with E-state index in [9.17, 15) is 15.0 Å². The molecule has 3 nitrogen and oxygen atoms in total. The Morgan fingerprint density at radius 3 is 1.48 bits per heavy atom. The van der Waals surface area contributed by atoms with Gasteiger partial charge in [0.2, 0.25) is 0 Å². The van der Waals surface area contributed by atoms with Crippen molar-refractivity contribution in [3.63, 3.8) is 0 Å². The number of phenolic OH excluding ortho intramolecular Hbond substituents is 1. The molecule has 0 aliphatic carbocycles. The van der Waals surface area contributed by atoms with E-state index in [1.165, 1.54) is 11.1 Å². The number of carboxylic acid groups (broad SMARTS) is 1. The van der Waals surface area contributed by atoms with E-state index < -0.39 is 5.97 Å². The van der Waals surface area contributed by atoms with Crippen molar-refractivity contribution < 1.29 is 15.0 Å². The molecule has 222 valence electrons. The molecule has 0 spiro atoms. The lowest BCUT2D eigenvalue weighted by atomic mass is 9.69. The maximum Gasteiger partial charge on any atom is 0.335 e. The van der Waals surface area contributed by atoms with Gasteiger partial charge in [-0.05, 0) is 75.2 Å². The van der Waals surface area contributed by atoms with Crippen LogP contribution in [0.4, 0.5) is 0 Å². The van der Waals surface area contributed by atoms with Crippen molar-refractivity contribution in [3.8, 4) is 5.75 Å². The molecule has 2 N–H and O–H groups in total. The first kappa shape index (κ1) is 33.7. The summed E-state index contributed by atoms with van der Waals surface area (Å²) in [5, 5.41) is 22.1. The van der Waals surface area contributed by atoms with Gasteiger partial charge in [-0.25, -0.2) is 4.79 Å². The highest BCUT2D eigenvalue weighted by Gasteiger charge is 2.34. The smallest absolute Gasteiger partial charge is 0.335 e. The summed E-state index contributed by atoms with van der Waals surface area (Å²) in [6.07, 6.45) is 3.66. The van der Waals surface area contributed by atoms with Crippen molar-refractivity contribution >= 4 is 11.5 Å². The highest BCUT2D eigenvalue weighted by atomic mass is 16.4. The van der Waals surface area contributed by atoms with Crippen LogP contribution in [0, 0.1) is 0 Å². The Hall–Kier alpha value is -2.55. The third kappa shape index (κ3) is 6.34. The molecule has 0 heterocycles. The molecule has 1 atom stereocenters. The van der Waals surface area contributed by atoms with E-state index in [1.54, 1.807) is 0 Å². The Balaban J connectivity index is 3.16. The standard InChI is InChI=1S/C37H56O3/c1-15-34(7,8)25-19-27(31(24(6)33(39)40)29(21-25)36(11,12)17-3)23(5)28-20-26(35(9,10)16-2)22-30(32(28)38)37(13,14)18-4/h19-23,38H,6,15-18H2,1-5,7-14H3,(H,39,40). The van der Waals surface area contributed by atoms with Crippen LogP contribution in [0.15, 0.2) is 30.8 Å². The predicted octanol–water partition coefficient (Wildman–Crippen LogP) is 10.4. The van der Waals surface area contributed by atoms with Crippen molar-refractivity contribution in [1.82, 2.24) is 0 Å². The van der Waals surface area contributed by atoms with Crippen molar-refractivity contribution in [3.05, 3.63) is 69.8 Å². The fourth-order valence-corrected chi connectivity index (χ4v) is 5.22. The van der Waals surface area contributed by atoms with Crippen molar-refractivity contribution in [1.29, 1.82) is 0 Å². The number of aromatic hydroxyl groups is 1. The molecule has 0 saturated heterocycles. The molecule has 2 aromatic rings. The summed E-state index contributed by atoms with van der Waals surface area (Å²) in [5.41, 5.74) is 6.30. The SMILES string of the molecule is C=C(C(=O)O)c1c(C(C)c2cc(C(C)(C)CC)cc(C(C)(C)CC)c2O)cc(C(C)(C)CC)cc1C(C)(C)CC. The van der Waals surface area contributed by atoms with Gasteiger partial charge < -0.3 is 10.2 Å². The second kappa shape index (κ2) is 11.7. The number of hydrogen-bond acceptors (Lipinski definition) is 2. The minimum absolute atomic E-state index is 0.0738. The molecule has 1 unspecified atom stereocenters. The summed E-state index contributed by atoms with van der Waals surface area (Å²) in [6.45, 7) is 32.6. The van der Waals surface area contributed by atoms with Crippen LogP contribution < -0.4 is 0 Å². The number of rotatable bonds is 12. The van der Waals surface area contributed by atoms with Crippen LogP contribution in [0.5, 0.6) is 5.75 Å². The Morgan fingerprint density at radius 2 is 1.07 bits per heavy atom. The zero-order valence-corrected chi connectivity index (χ0v) is 27.7. The molecule has 0 fully saturated rings. The fraction of sp³-hybridized carbons (Fsp3) is 0.595. The van der Waals surface area contributed by atoms with Gasteiger partial charge in [0.15, 0.2) is 0 Å². The maximum absolute atomic E-state index is 12.5. The van der Waals surface area contributed by atoms with Crippen LogP contribution in [0.2, 0.25) is 0 Å². The predicted molar refractivity (Wildman–Crippen MR) is 172 cm³/mol. The van der Waals surface area contributed by atoms with Crippen LogP contribution in [0.3, 0.4) is 0 Å². The molecule has 0 aliphatic rings. The molecule has 0 saturated carbocycles. The van der Waals surface area contributed by atoms with Gasteiger partial charge in [-0.1, -0.05) is 121 Å². The van der Waals surface area contributed by atoms with Gasteiger partial charge in [0.05, 0.1) is 5.57 Å². The summed E-state index contributed by atoms with van der Waals surface area (Å²) >= 11 is 0. The molecular weight excluding hydrogens is 492 g/mol. The number of phenols is 1. The van der Waals surface area contributed by atoms with Crippen LogP contribution >= 0.6 is 0 Å². The van der Waals surface area contributed by atoms with Crippen LogP contribution in [-0.2, 0) is 26.5 Å². The number of aliphatic carboxylic acids is 1. The van der Waals surface area contributed by atoms with Gasteiger partial charge in [0.25, 0.3) is 0 Å². The molecule has 0 bridgehead atoms. The molecule has 2 rings (SSSR count). The Bertz CT molecular complexity index is 1260. The van der Waals surface area contributed by atoms with Crippen LogP contribution in [-0.4, -0.2) is 16.2 Å². The van der Waals surface area contributed by atoms with Crippen LogP contribution in [0.25, 0.3) is 5.57 Å². The zero-order chi connectivity index (χ0) is 31.0. The lowest BCUT2D eigenvalue weighted by molar-refractivity contribution is -0.130.